The van der Waals surface area contributed by atoms with E-state index < -0.39 is 0 Å². The molecule has 0 atom stereocenters. The molecular formula is C28H25N. The molecule has 1 heteroatoms. The van der Waals surface area contributed by atoms with Gasteiger partial charge in [-0.15, -0.1) is 0 Å². The summed E-state index contributed by atoms with van der Waals surface area (Å²) in [5, 5.41) is 10.8. The third kappa shape index (κ3) is 2.89. The van der Waals surface area contributed by atoms with Crippen LogP contribution in [-0.2, 0) is 12.8 Å². The van der Waals surface area contributed by atoms with E-state index in [4.69, 9.17) is 5.41 Å². The number of unbranched alkanes of at least 4 members (excludes halogenated alkanes) is 1. The summed E-state index contributed by atoms with van der Waals surface area (Å²) in [5.41, 5.74) is 10.4. The van der Waals surface area contributed by atoms with E-state index in [0.29, 0.717) is 0 Å². The van der Waals surface area contributed by atoms with Crippen molar-refractivity contribution < 1.29 is 0 Å². The van der Waals surface area contributed by atoms with E-state index in [1.807, 2.05) is 0 Å². The molecule has 0 heterocycles. The molecule has 4 aromatic carbocycles. The Labute approximate surface area is 172 Å². The average Bonchev–Trinajstić information content (AvgIpc) is 3.15. The van der Waals surface area contributed by atoms with Crippen LogP contribution in [0, 0.1) is 5.41 Å². The fourth-order valence-electron chi connectivity index (χ4n) is 4.86. The van der Waals surface area contributed by atoms with E-state index in [2.05, 4.69) is 79.7 Å². The van der Waals surface area contributed by atoms with Crippen molar-refractivity contribution in [2.75, 3.05) is 0 Å². The molecule has 0 fully saturated rings. The molecule has 0 unspecified atom stereocenters. The molecule has 142 valence electrons. The maximum atomic E-state index is 8.29. The first-order chi connectivity index (χ1) is 14.3. The fraction of sp³-hybridized carbons (Fsp3) is 0.179. The van der Waals surface area contributed by atoms with Crippen LogP contribution in [0.25, 0.3) is 33.0 Å². The lowest BCUT2D eigenvalue weighted by molar-refractivity contribution is 0.798. The first kappa shape index (κ1) is 17.9. The minimum atomic E-state index is 0.968. The second-order valence-electron chi connectivity index (χ2n) is 7.95. The van der Waals surface area contributed by atoms with Gasteiger partial charge in [-0.05, 0) is 75.0 Å². The number of hydrogen-bond acceptors (Lipinski definition) is 1. The van der Waals surface area contributed by atoms with Crippen LogP contribution >= 0.6 is 0 Å². The molecule has 0 aliphatic heterocycles. The Morgan fingerprint density at radius 2 is 1.55 bits per heavy atom. The predicted molar refractivity (Wildman–Crippen MR) is 124 cm³/mol. The van der Waals surface area contributed by atoms with Crippen molar-refractivity contribution in [1.82, 2.24) is 0 Å². The Balaban J connectivity index is 1.78. The third-order valence-corrected chi connectivity index (χ3v) is 6.27. The van der Waals surface area contributed by atoms with Crippen molar-refractivity contribution in [3.63, 3.8) is 0 Å². The minimum absolute atomic E-state index is 0.968. The van der Waals surface area contributed by atoms with Crippen molar-refractivity contribution >= 4 is 17.0 Å². The molecule has 1 N–H and O–H groups in total. The number of rotatable bonds is 5. The van der Waals surface area contributed by atoms with Crippen LogP contribution < -0.4 is 0 Å². The largest absolute Gasteiger partial charge is 0.308 e. The molecule has 0 amide bonds. The molecule has 4 aromatic rings. The summed E-state index contributed by atoms with van der Waals surface area (Å²) in [6.45, 7) is 2.23. The van der Waals surface area contributed by atoms with E-state index in [9.17, 15) is 0 Å². The van der Waals surface area contributed by atoms with E-state index in [1.54, 1.807) is 6.21 Å². The molecule has 1 aliphatic rings. The van der Waals surface area contributed by atoms with Gasteiger partial charge in [0, 0.05) is 11.8 Å². The Hall–Kier alpha value is -3.19. The summed E-state index contributed by atoms with van der Waals surface area (Å²) in [4.78, 5) is 0. The normalized spacial score (nSPS) is 12.0. The Morgan fingerprint density at radius 1 is 0.828 bits per heavy atom. The van der Waals surface area contributed by atoms with Crippen LogP contribution in [0.3, 0.4) is 0 Å². The maximum Gasteiger partial charge on any atom is 0.0259 e. The topological polar surface area (TPSA) is 23.9 Å². The molecule has 1 nitrogen and oxygen atoms in total. The molecule has 0 saturated heterocycles. The predicted octanol–water partition coefficient (Wildman–Crippen LogP) is 7.42. The van der Waals surface area contributed by atoms with Gasteiger partial charge in [0.15, 0.2) is 0 Å². The van der Waals surface area contributed by atoms with Crippen LogP contribution in [0.1, 0.15) is 42.0 Å². The van der Waals surface area contributed by atoms with E-state index >= 15 is 0 Å². The van der Waals surface area contributed by atoms with Crippen LogP contribution in [-0.4, -0.2) is 6.21 Å². The first-order valence-electron chi connectivity index (χ1n) is 10.6. The highest BCUT2D eigenvalue weighted by Gasteiger charge is 2.23. The summed E-state index contributed by atoms with van der Waals surface area (Å²) < 4.78 is 0. The number of nitrogens with one attached hydrogen (secondary N) is 1. The number of hydrogen-bond donors (Lipinski definition) is 1. The highest BCUT2D eigenvalue weighted by Crippen LogP contribution is 2.43. The van der Waals surface area contributed by atoms with E-state index in [-0.39, 0.29) is 0 Å². The fourth-order valence-corrected chi connectivity index (χ4v) is 4.86. The second-order valence-corrected chi connectivity index (χ2v) is 7.95. The molecule has 29 heavy (non-hydrogen) atoms. The monoisotopic (exact) mass is 375 g/mol. The van der Waals surface area contributed by atoms with Gasteiger partial charge in [0.05, 0.1) is 0 Å². The standard InChI is InChI=1S/C28H25N/c1-2-3-11-24-22-13-7-5-10-20(22)17-27(28(24)18-29)25-15-8-14-23-21-12-6-4-9-19(21)16-26(23)25/h4-10,12-15,17-18,29H,2-3,11,16H2,1H3. The molecule has 0 aromatic heterocycles. The Morgan fingerprint density at radius 3 is 2.38 bits per heavy atom. The summed E-state index contributed by atoms with van der Waals surface area (Å²) in [5.74, 6) is 0. The molecule has 0 saturated carbocycles. The molecule has 0 radical (unpaired) electrons. The number of aryl methyl sites for hydroxylation is 1. The minimum Gasteiger partial charge on any atom is -0.308 e. The SMILES string of the molecule is CCCCc1c(C=N)c(-c2cccc3c2Cc2ccccc2-3)cc2ccccc12. The maximum absolute atomic E-state index is 8.29. The van der Waals surface area contributed by atoms with Gasteiger partial charge < -0.3 is 5.41 Å². The number of benzene rings is 4. The third-order valence-electron chi connectivity index (χ3n) is 6.27. The molecule has 5 rings (SSSR count). The van der Waals surface area contributed by atoms with E-state index in [0.717, 1.165) is 31.2 Å². The van der Waals surface area contributed by atoms with Crippen LogP contribution in [0.2, 0.25) is 0 Å². The zero-order valence-corrected chi connectivity index (χ0v) is 16.8. The van der Waals surface area contributed by atoms with E-state index in [1.165, 1.54) is 49.7 Å². The van der Waals surface area contributed by atoms with Crippen molar-refractivity contribution in [3.05, 3.63) is 95.1 Å². The van der Waals surface area contributed by atoms with Gasteiger partial charge in [-0.25, -0.2) is 0 Å². The average molecular weight is 376 g/mol. The zero-order chi connectivity index (χ0) is 19.8. The lowest BCUT2D eigenvalue weighted by Gasteiger charge is -2.18. The quantitative estimate of drug-likeness (QED) is 0.309. The van der Waals surface area contributed by atoms with Gasteiger partial charge in [-0.3, -0.25) is 0 Å². The smallest absolute Gasteiger partial charge is 0.0259 e. The molecular weight excluding hydrogens is 350 g/mol. The van der Waals surface area contributed by atoms with Gasteiger partial charge in [-0.2, -0.15) is 0 Å². The molecule has 0 spiro atoms. The summed E-state index contributed by atoms with van der Waals surface area (Å²) in [6, 6.07) is 26.3. The summed E-state index contributed by atoms with van der Waals surface area (Å²) in [6.07, 6.45) is 5.87. The second kappa shape index (κ2) is 7.33. The van der Waals surface area contributed by atoms with Gasteiger partial charge in [0.1, 0.15) is 0 Å². The van der Waals surface area contributed by atoms with Gasteiger partial charge in [0.2, 0.25) is 0 Å². The van der Waals surface area contributed by atoms with Gasteiger partial charge >= 0.3 is 0 Å². The lowest BCUT2D eigenvalue weighted by atomic mass is 9.86. The Bertz CT molecular complexity index is 1230. The van der Waals surface area contributed by atoms with Gasteiger partial charge in [-0.1, -0.05) is 80.1 Å². The number of fused-ring (bicyclic) bond motifs is 4. The van der Waals surface area contributed by atoms with Crippen LogP contribution in [0.5, 0.6) is 0 Å². The van der Waals surface area contributed by atoms with Crippen LogP contribution in [0.15, 0.2) is 72.8 Å². The highest BCUT2D eigenvalue weighted by molar-refractivity contribution is 6.02. The highest BCUT2D eigenvalue weighted by atomic mass is 14.3. The van der Waals surface area contributed by atoms with Crippen molar-refractivity contribution in [2.24, 2.45) is 0 Å². The lowest BCUT2D eigenvalue weighted by Crippen LogP contribution is -2.00. The zero-order valence-electron chi connectivity index (χ0n) is 16.8. The Kier molecular flexibility index (Phi) is 4.52. The molecule has 0 bridgehead atoms. The molecule has 1 aliphatic carbocycles. The summed E-state index contributed by atoms with van der Waals surface area (Å²) in [7, 11) is 0. The van der Waals surface area contributed by atoms with Crippen LogP contribution in [0.4, 0.5) is 0 Å². The van der Waals surface area contributed by atoms with Crippen molar-refractivity contribution in [2.45, 2.75) is 32.6 Å². The summed E-state index contributed by atoms with van der Waals surface area (Å²) >= 11 is 0. The van der Waals surface area contributed by atoms with Gasteiger partial charge in [0.25, 0.3) is 0 Å². The first-order valence-corrected chi connectivity index (χ1v) is 10.6. The van der Waals surface area contributed by atoms with Crippen molar-refractivity contribution in [1.29, 1.82) is 5.41 Å². The van der Waals surface area contributed by atoms with Crippen molar-refractivity contribution in [3.8, 4) is 22.3 Å².